The Morgan fingerprint density at radius 2 is 2.20 bits per heavy atom. The number of pyridine rings is 1. The van der Waals surface area contributed by atoms with Crippen LogP contribution in [0.1, 0.15) is 25.6 Å². The summed E-state index contributed by atoms with van der Waals surface area (Å²) >= 11 is 0. The first-order valence-electron chi connectivity index (χ1n) is 6.48. The van der Waals surface area contributed by atoms with Crippen molar-refractivity contribution in [1.29, 1.82) is 0 Å². The molecule has 104 valence electrons. The topological polar surface area (TPSA) is 64.6 Å². The van der Waals surface area contributed by atoms with Crippen LogP contribution in [0, 0.1) is 0 Å². The molecule has 0 bridgehead atoms. The van der Waals surface area contributed by atoms with Crippen molar-refractivity contribution in [2.24, 2.45) is 0 Å². The zero-order valence-corrected chi connectivity index (χ0v) is 11.4. The second kappa shape index (κ2) is 4.97. The number of aromatic nitrogens is 4. The summed E-state index contributed by atoms with van der Waals surface area (Å²) in [5.41, 5.74) is 1.36. The molecule has 20 heavy (non-hydrogen) atoms. The van der Waals surface area contributed by atoms with Crippen LogP contribution >= 0.6 is 0 Å². The molecule has 0 aliphatic heterocycles. The maximum atomic E-state index is 9.52. The summed E-state index contributed by atoms with van der Waals surface area (Å²) in [5, 5.41) is 13.7. The summed E-state index contributed by atoms with van der Waals surface area (Å²) in [6.45, 7) is 3.94. The molecule has 0 fully saturated rings. The fourth-order valence-corrected chi connectivity index (χ4v) is 2.02. The molecule has 6 heteroatoms. The van der Waals surface area contributed by atoms with Gasteiger partial charge in [-0.05, 0) is 26.0 Å². The van der Waals surface area contributed by atoms with Crippen LogP contribution in [0.25, 0.3) is 5.65 Å². The Kier molecular flexibility index (Phi) is 3.15. The minimum atomic E-state index is -0.140. The first kappa shape index (κ1) is 12.7. The zero-order chi connectivity index (χ0) is 14.1. The number of hydrogen-bond donors (Lipinski definition) is 1. The number of aliphatic hydroxyl groups is 1. The summed E-state index contributed by atoms with van der Waals surface area (Å²) < 4.78 is 9.36. The van der Waals surface area contributed by atoms with Crippen molar-refractivity contribution >= 4 is 5.65 Å². The van der Waals surface area contributed by atoms with Crippen molar-refractivity contribution in [2.75, 3.05) is 0 Å². The molecule has 0 aromatic carbocycles. The monoisotopic (exact) mass is 272 g/mol. The van der Waals surface area contributed by atoms with Crippen molar-refractivity contribution < 1.29 is 9.84 Å². The SMILES string of the molecule is CC(C)n1cc(Oc2nc3ccccn3c2CO)cn1. The fourth-order valence-electron chi connectivity index (χ4n) is 2.02. The van der Waals surface area contributed by atoms with Crippen molar-refractivity contribution in [3.05, 3.63) is 42.5 Å². The lowest BCUT2D eigenvalue weighted by Gasteiger charge is -2.03. The molecular weight excluding hydrogens is 256 g/mol. The molecule has 0 amide bonds. The average Bonchev–Trinajstić information content (AvgIpc) is 3.02. The van der Waals surface area contributed by atoms with E-state index in [9.17, 15) is 5.11 Å². The Hall–Kier alpha value is -2.34. The number of imidazole rings is 1. The van der Waals surface area contributed by atoms with Crippen LogP contribution in [-0.2, 0) is 6.61 Å². The molecule has 3 heterocycles. The summed E-state index contributed by atoms with van der Waals surface area (Å²) in [4.78, 5) is 4.38. The number of nitrogens with zero attached hydrogens (tertiary/aromatic N) is 4. The standard InChI is InChI=1S/C14H16N4O2/c1-10(2)18-8-11(7-15-18)20-14-12(9-19)17-6-4-3-5-13(17)16-14/h3-8,10,19H,9H2,1-2H3. The summed E-state index contributed by atoms with van der Waals surface area (Å²) in [5.74, 6) is 1.01. The van der Waals surface area contributed by atoms with Gasteiger partial charge in [-0.3, -0.25) is 9.08 Å². The molecule has 0 unspecified atom stereocenters. The third-order valence-corrected chi connectivity index (χ3v) is 3.06. The van der Waals surface area contributed by atoms with Crippen LogP contribution in [0.15, 0.2) is 36.8 Å². The smallest absolute Gasteiger partial charge is 0.244 e. The summed E-state index contributed by atoms with van der Waals surface area (Å²) in [6.07, 6.45) is 5.30. The molecule has 0 atom stereocenters. The molecule has 6 nitrogen and oxygen atoms in total. The number of ether oxygens (including phenoxy) is 1. The largest absolute Gasteiger partial charge is 0.434 e. The zero-order valence-electron chi connectivity index (χ0n) is 11.4. The summed E-state index contributed by atoms with van der Waals surface area (Å²) in [6, 6.07) is 5.91. The van der Waals surface area contributed by atoms with Gasteiger partial charge in [-0.15, -0.1) is 0 Å². The highest BCUT2D eigenvalue weighted by atomic mass is 16.5. The quantitative estimate of drug-likeness (QED) is 0.792. The van der Waals surface area contributed by atoms with Crippen LogP contribution in [-0.4, -0.2) is 24.3 Å². The highest BCUT2D eigenvalue weighted by Crippen LogP contribution is 2.26. The lowest BCUT2D eigenvalue weighted by Crippen LogP contribution is -1.99. The van der Waals surface area contributed by atoms with Gasteiger partial charge in [0, 0.05) is 12.2 Å². The van der Waals surface area contributed by atoms with E-state index >= 15 is 0 Å². The predicted octanol–water partition coefficient (Wildman–Crippen LogP) is 2.40. The number of aliphatic hydroxyl groups excluding tert-OH is 1. The van der Waals surface area contributed by atoms with Gasteiger partial charge in [0.15, 0.2) is 5.75 Å². The lowest BCUT2D eigenvalue weighted by molar-refractivity contribution is 0.269. The second-order valence-electron chi connectivity index (χ2n) is 4.80. The van der Waals surface area contributed by atoms with Crippen molar-refractivity contribution in [2.45, 2.75) is 26.5 Å². The van der Waals surface area contributed by atoms with E-state index in [1.807, 2.05) is 53.5 Å². The van der Waals surface area contributed by atoms with Gasteiger partial charge in [-0.1, -0.05) is 6.07 Å². The van der Waals surface area contributed by atoms with Gasteiger partial charge in [0.1, 0.15) is 11.3 Å². The van der Waals surface area contributed by atoms with E-state index in [4.69, 9.17) is 4.74 Å². The second-order valence-corrected chi connectivity index (χ2v) is 4.80. The Morgan fingerprint density at radius 3 is 2.90 bits per heavy atom. The predicted molar refractivity (Wildman–Crippen MR) is 73.8 cm³/mol. The normalized spacial score (nSPS) is 11.4. The van der Waals surface area contributed by atoms with E-state index in [1.54, 1.807) is 6.20 Å². The van der Waals surface area contributed by atoms with Gasteiger partial charge in [0.05, 0.1) is 19.0 Å². The van der Waals surface area contributed by atoms with E-state index in [1.165, 1.54) is 0 Å². The molecule has 3 rings (SSSR count). The van der Waals surface area contributed by atoms with Crippen LogP contribution in [0.5, 0.6) is 11.6 Å². The highest BCUT2D eigenvalue weighted by Gasteiger charge is 2.14. The van der Waals surface area contributed by atoms with Gasteiger partial charge >= 0.3 is 0 Å². The Balaban J connectivity index is 1.97. The molecule has 0 saturated carbocycles. The Bertz CT molecular complexity index is 730. The van der Waals surface area contributed by atoms with Crippen LogP contribution in [0.4, 0.5) is 0 Å². The molecule has 0 saturated heterocycles. The minimum absolute atomic E-state index is 0.140. The van der Waals surface area contributed by atoms with E-state index in [0.717, 1.165) is 5.65 Å². The van der Waals surface area contributed by atoms with Gasteiger partial charge in [-0.25, -0.2) is 0 Å². The maximum Gasteiger partial charge on any atom is 0.244 e. The van der Waals surface area contributed by atoms with Crippen LogP contribution < -0.4 is 4.74 Å². The molecule has 1 N–H and O–H groups in total. The number of hydrogen-bond acceptors (Lipinski definition) is 4. The molecule has 0 radical (unpaired) electrons. The van der Waals surface area contributed by atoms with E-state index in [2.05, 4.69) is 10.1 Å². The number of rotatable bonds is 4. The summed E-state index contributed by atoms with van der Waals surface area (Å²) in [7, 11) is 0. The van der Waals surface area contributed by atoms with Crippen LogP contribution in [0.2, 0.25) is 0 Å². The van der Waals surface area contributed by atoms with Gasteiger partial charge < -0.3 is 9.84 Å². The van der Waals surface area contributed by atoms with E-state index in [-0.39, 0.29) is 12.6 Å². The molecule has 3 aromatic heterocycles. The first-order valence-corrected chi connectivity index (χ1v) is 6.48. The van der Waals surface area contributed by atoms with Crippen LogP contribution in [0.3, 0.4) is 0 Å². The fraction of sp³-hybridized carbons (Fsp3) is 0.286. The average molecular weight is 272 g/mol. The third kappa shape index (κ3) is 2.14. The molecular formula is C14H16N4O2. The molecule has 0 spiro atoms. The Labute approximate surface area is 116 Å². The highest BCUT2D eigenvalue weighted by molar-refractivity contribution is 5.46. The first-order chi connectivity index (χ1) is 9.69. The molecule has 0 aliphatic carbocycles. The minimum Gasteiger partial charge on any atom is -0.434 e. The van der Waals surface area contributed by atoms with Gasteiger partial charge in [0.25, 0.3) is 0 Å². The van der Waals surface area contributed by atoms with E-state index in [0.29, 0.717) is 17.3 Å². The Morgan fingerprint density at radius 1 is 1.35 bits per heavy atom. The van der Waals surface area contributed by atoms with Crippen molar-refractivity contribution in [3.63, 3.8) is 0 Å². The van der Waals surface area contributed by atoms with E-state index < -0.39 is 0 Å². The van der Waals surface area contributed by atoms with Crippen molar-refractivity contribution in [3.8, 4) is 11.6 Å². The maximum absolute atomic E-state index is 9.52. The van der Waals surface area contributed by atoms with Gasteiger partial charge in [0.2, 0.25) is 5.88 Å². The molecule has 3 aromatic rings. The molecule has 0 aliphatic rings. The van der Waals surface area contributed by atoms with Gasteiger partial charge in [-0.2, -0.15) is 10.1 Å². The lowest BCUT2D eigenvalue weighted by atomic mass is 10.4. The third-order valence-electron chi connectivity index (χ3n) is 3.06. The van der Waals surface area contributed by atoms with Crippen molar-refractivity contribution in [1.82, 2.24) is 19.2 Å². The number of fused-ring (bicyclic) bond motifs is 1.